The molecule has 1 atom stereocenters. The molecule has 0 aromatic rings. The van der Waals surface area contributed by atoms with Crippen molar-refractivity contribution in [3.8, 4) is 0 Å². The van der Waals surface area contributed by atoms with E-state index >= 15 is 0 Å². The second-order valence-corrected chi connectivity index (χ2v) is 5.69. The fourth-order valence-electron chi connectivity index (χ4n) is 2.44. The Hall–Kier alpha value is -1.37. The van der Waals surface area contributed by atoms with E-state index in [1.165, 1.54) is 0 Å². The molecule has 1 unspecified atom stereocenters. The van der Waals surface area contributed by atoms with Crippen LogP contribution in [0.15, 0.2) is 5.10 Å². The summed E-state index contributed by atoms with van der Waals surface area (Å²) in [4.78, 5) is 12.5. The average Bonchev–Trinajstić information content (AvgIpc) is 2.74. The van der Waals surface area contributed by atoms with Gasteiger partial charge in [0.25, 0.3) is 5.96 Å². The van der Waals surface area contributed by atoms with Crippen molar-refractivity contribution >= 4 is 5.96 Å². The highest BCUT2D eigenvalue weighted by Gasteiger charge is 2.33. The molecule has 0 aromatic carbocycles. The van der Waals surface area contributed by atoms with Crippen molar-refractivity contribution in [1.82, 2.24) is 10.2 Å². The first-order valence-corrected chi connectivity index (χ1v) is 6.30. The molecule has 2 rings (SSSR count). The second kappa shape index (κ2) is 5.09. The van der Waals surface area contributed by atoms with Crippen molar-refractivity contribution < 1.29 is 9.77 Å². The summed E-state index contributed by atoms with van der Waals surface area (Å²) in [7, 11) is 0. The first-order valence-electron chi connectivity index (χ1n) is 6.30. The van der Waals surface area contributed by atoms with Gasteiger partial charge in [-0.15, -0.1) is 0 Å². The standard InChI is InChI=1S/C11H20N4O3/c1-11(2)7-12-10(13-15(16)17)14(8-11)6-9-4-3-5-18-9/h9H,3-8H2,1-2H3,(H,12,13). The maximum absolute atomic E-state index is 10.5. The van der Waals surface area contributed by atoms with Crippen LogP contribution in [0.2, 0.25) is 0 Å². The molecular formula is C11H20N4O3. The van der Waals surface area contributed by atoms with Gasteiger partial charge in [0, 0.05) is 26.2 Å². The summed E-state index contributed by atoms with van der Waals surface area (Å²) in [5.41, 5.74) is 0.0776. The maximum atomic E-state index is 10.5. The van der Waals surface area contributed by atoms with E-state index in [2.05, 4.69) is 24.3 Å². The molecule has 7 heteroatoms. The molecule has 0 aromatic heterocycles. The van der Waals surface area contributed by atoms with Crippen LogP contribution in [0.5, 0.6) is 0 Å². The molecule has 2 aliphatic rings. The summed E-state index contributed by atoms with van der Waals surface area (Å²) in [6.07, 6.45) is 2.25. The highest BCUT2D eigenvalue weighted by atomic mass is 16.7. The molecule has 2 saturated heterocycles. The van der Waals surface area contributed by atoms with Crippen molar-refractivity contribution in [2.24, 2.45) is 10.5 Å². The van der Waals surface area contributed by atoms with E-state index in [-0.39, 0.29) is 11.5 Å². The summed E-state index contributed by atoms with van der Waals surface area (Å²) in [6, 6.07) is 0. The number of hydrazone groups is 1. The molecule has 0 amide bonds. The lowest BCUT2D eigenvalue weighted by atomic mass is 9.91. The number of hydrogen-bond acceptors (Lipinski definition) is 3. The Morgan fingerprint density at radius 2 is 2.44 bits per heavy atom. The van der Waals surface area contributed by atoms with Crippen LogP contribution in [-0.4, -0.2) is 48.2 Å². The summed E-state index contributed by atoms with van der Waals surface area (Å²) in [6.45, 7) is 7.17. The number of nitrogens with zero attached hydrogens (tertiary/aromatic N) is 3. The smallest absolute Gasteiger partial charge is 0.271 e. The quantitative estimate of drug-likeness (QED) is 0.592. The highest BCUT2D eigenvalue weighted by molar-refractivity contribution is 5.80. The highest BCUT2D eigenvalue weighted by Crippen LogP contribution is 2.22. The summed E-state index contributed by atoms with van der Waals surface area (Å²) >= 11 is 0. The van der Waals surface area contributed by atoms with Crippen molar-refractivity contribution in [2.75, 3.05) is 26.2 Å². The first kappa shape index (κ1) is 13.1. The molecule has 0 saturated carbocycles. The lowest BCUT2D eigenvalue weighted by molar-refractivity contribution is -0.486. The monoisotopic (exact) mass is 256 g/mol. The Kier molecular flexibility index (Phi) is 3.70. The molecule has 0 aliphatic carbocycles. The van der Waals surface area contributed by atoms with Crippen LogP contribution in [0.4, 0.5) is 0 Å². The number of nitro groups is 1. The van der Waals surface area contributed by atoms with E-state index in [1.807, 2.05) is 4.90 Å². The Balaban J connectivity index is 2.06. The Morgan fingerprint density at radius 3 is 3.06 bits per heavy atom. The lowest BCUT2D eigenvalue weighted by Crippen LogP contribution is -2.57. The predicted octanol–water partition coefficient (Wildman–Crippen LogP) is 0.644. The topological polar surface area (TPSA) is 80.0 Å². The maximum Gasteiger partial charge on any atom is 0.271 e. The SMILES string of the molecule is CC1(C)CN/C(=N\[N+](=O)[O-])N(CC2CCCO2)C1. The van der Waals surface area contributed by atoms with Crippen molar-refractivity contribution in [3.63, 3.8) is 0 Å². The van der Waals surface area contributed by atoms with Crippen LogP contribution < -0.4 is 5.32 Å². The summed E-state index contributed by atoms with van der Waals surface area (Å²) in [5, 5.41) is 16.3. The normalized spacial score (nSPS) is 29.3. The van der Waals surface area contributed by atoms with Gasteiger partial charge in [-0.05, 0) is 18.3 Å². The predicted molar refractivity (Wildman–Crippen MR) is 66.8 cm³/mol. The van der Waals surface area contributed by atoms with Gasteiger partial charge < -0.3 is 15.0 Å². The fourth-order valence-corrected chi connectivity index (χ4v) is 2.44. The zero-order valence-electron chi connectivity index (χ0n) is 10.9. The van der Waals surface area contributed by atoms with Gasteiger partial charge in [0.05, 0.1) is 6.10 Å². The van der Waals surface area contributed by atoms with E-state index in [1.54, 1.807) is 0 Å². The molecule has 2 heterocycles. The van der Waals surface area contributed by atoms with E-state index in [4.69, 9.17) is 4.74 Å². The van der Waals surface area contributed by atoms with Gasteiger partial charge in [-0.25, -0.2) is 10.1 Å². The minimum atomic E-state index is -0.650. The molecule has 0 radical (unpaired) electrons. The molecule has 102 valence electrons. The van der Waals surface area contributed by atoms with Gasteiger partial charge in [-0.1, -0.05) is 13.8 Å². The molecule has 0 bridgehead atoms. The largest absolute Gasteiger partial charge is 0.376 e. The molecule has 18 heavy (non-hydrogen) atoms. The molecular weight excluding hydrogens is 236 g/mol. The third-order valence-corrected chi connectivity index (χ3v) is 3.27. The molecule has 2 aliphatic heterocycles. The molecule has 1 N–H and O–H groups in total. The number of ether oxygens (including phenoxy) is 1. The van der Waals surface area contributed by atoms with Crippen LogP contribution >= 0.6 is 0 Å². The van der Waals surface area contributed by atoms with Crippen LogP contribution in [0, 0.1) is 15.5 Å². The zero-order valence-corrected chi connectivity index (χ0v) is 10.9. The van der Waals surface area contributed by atoms with Crippen LogP contribution in [0.25, 0.3) is 0 Å². The minimum absolute atomic E-state index is 0.0776. The minimum Gasteiger partial charge on any atom is -0.376 e. The van der Waals surface area contributed by atoms with Crippen molar-refractivity contribution in [1.29, 1.82) is 0 Å². The third kappa shape index (κ3) is 3.32. The lowest BCUT2D eigenvalue weighted by Gasteiger charge is -2.40. The van der Waals surface area contributed by atoms with Gasteiger partial charge in [-0.3, -0.25) is 0 Å². The van der Waals surface area contributed by atoms with Crippen LogP contribution in [0.1, 0.15) is 26.7 Å². The number of hydrogen-bond donors (Lipinski definition) is 1. The molecule has 7 nitrogen and oxygen atoms in total. The Bertz CT molecular complexity index is 350. The zero-order chi connectivity index (χ0) is 13.2. The van der Waals surface area contributed by atoms with Gasteiger partial charge in [0.15, 0.2) is 5.03 Å². The number of guanidine groups is 1. The first-order chi connectivity index (χ1) is 8.46. The fraction of sp³-hybridized carbons (Fsp3) is 0.909. The van der Waals surface area contributed by atoms with Crippen LogP contribution in [-0.2, 0) is 4.74 Å². The second-order valence-electron chi connectivity index (χ2n) is 5.69. The van der Waals surface area contributed by atoms with E-state index in [0.717, 1.165) is 26.0 Å². The van der Waals surface area contributed by atoms with Gasteiger partial charge in [0.1, 0.15) is 5.10 Å². The summed E-state index contributed by atoms with van der Waals surface area (Å²) in [5.74, 6) is 0.356. The summed E-state index contributed by atoms with van der Waals surface area (Å²) < 4.78 is 5.58. The van der Waals surface area contributed by atoms with Crippen molar-refractivity contribution in [2.45, 2.75) is 32.8 Å². The molecule has 0 spiro atoms. The average molecular weight is 256 g/mol. The number of nitrogens with one attached hydrogen (secondary N) is 1. The van der Waals surface area contributed by atoms with Gasteiger partial charge in [0.2, 0.25) is 0 Å². The van der Waals surface area contributed by atoms with Gasteiger partial charge >= 0.3 is 0 Å². The Labute approximate surface area is 106 Å². The van der Waals surface area contributed by atoms with E-state index in [9.17, 15) is 10.1 Å². The van der Waals surface area contributed by atoms with Gasteiger partial charge in [-0.2, -0.15) is 0 Å². The van der Waals surface area contributed by atoms with E-state index in [0.29, 0.717) is 19.0 Å². The van der Waals surface area contributed by atoms with E-state index < -0.39 is 5.03 Å². The van der Waals surface area contributed by atoms with Crippen molar-refractivity contribution in [3.05, 3.63) is 10.1 Å². The molecule has 2 fully saturated rings. The number of rotatable bonds is 3. The third-order valence-electron chi connectivity index (χ3n) is 3.27. The Morgan fingerprint density at radius 1 is 1.67 bits per heavy atom. The van der Waals surface area contributed by atoms with Crippen LogP contribution in [0.3, 0.4) is 0 Å².